The summed E-state index contributed by atoms with van der Waals surface area (Å²) in [5, 5.41) is 5.46. The molecular formula is C14H14BrNOS. The van der Waals surface area contributed by atoms with Gasteiger partial charge in [-0.05, 0) is 53.9 Å². The molecule has 0 spiro atoms. The molecule has 2 nitrogen and oxygen atoms in total. The summed E-state index contributed by atoms with van der Waals surface area (Å²) in [6.07, 6.45) is 0.903. The molecule has 0 aliphatic carbocycles. The number of hydrogen-bond acceptors (Lipinski definition) is 3. The Morgan fingerprint density at radius 3 is 2.28 bits per heavy atom. The summed E-state index contributed by atoms with van der Waals surface area (Å²) in [5.74, 6) is 0.880. The van der Waals surface area contributed by atoms with Crippen LogP contribution in [0.4, 0.5) is 0 Å². The molecule has 0 aliphatic heterocycles. The van der Waals surface area contributed by atoms with Crippen LogP contribution in [0.2, 0.25) is 0 Å². The first-order valence-electron chi connectivity index (χ1n) is 5.62. The van der Waals surface area contributed by atoms with Crippen LogP contribution in [-0.2, 0) is 6.42 Å². The second-order valence-corrected chi connectivity index (χ2v) is 5.44. The zero-order valence-corrected chi connectivity index (χ0v) is 12.2. The first kappa shape index (κ1) is 13.5. The number of halogens is 1. The van der Waals surface area contributed by atoms with E-state index in [0.29, 0.717) is 6.61 Å². The maximum Gasteiger partial charge on any atom is 0.119 e. The van der Waals surface area contributed by atoms with E-state index in [4.69, 9.17) is 9.88 Å². The van der Waals surface area contributed by atoms with E-state index in [0.717, 1.165) is 21.5 Å². The highest BCUT2D eigenvalue weighted by Crippen LogP contribution is 2.17. The van der Waals surface area contributed by atoms with Crippen molar-refractivity contribution < 1.29 is 4.74 Å². The Hall–Kier alpha value is -0.970. The standard InChI is InChI=1S/C14H14BrNOS/c15-12-3-1-11(2-4-12)9-10-17-13-5-7-14(18-16)8-6-13/h1-8H,9-10,16H2. The van der Waals surface area contributed by atoms with E-state index in [1.165, 1.54) is 17.5 Å². The maximum atomic E-state index is 5.68. The van der Waals surface area contributed by atoms with E-state index >= 15 is 0 Å². The Kier molecular flexibility index (Phi) is 5.11. The zero-order valence-electron chi connectivity index (χ0n) is 9.80. The molecule has 0 amide bonds. The molecule has 18 heavy (non-hydrogen) atoms. The third-order valence-electron chi connectivity index (χ3n) is 2.53. The van der Waals surface area contributed by atoms with Crippen LogP contribution in [0.3, 0.4) is 0 Å². The fourth-order valence-corrected chi connectivity index (χ4v) is 2.11. The average molecular weight is 324 g/mol. The molecular weight excluding hydrogens is 310 g/mol. The van der Waals surface area contributed by atoms with Crippen LogP contribution in [0, 0.1) is 0 Å². The van der Waals surface area contributed by atoms with Crippen LogP contribution in [0.1, 0.15) is 5.56 Å². The minimum Gasteiger partial charge on any atom is -0.493 e. The summed E-state index contributed by atoms with van der Waals surface area (Å²) in [5.41, 5.74) is 1.27. The molecule has 0 aliphatic rings. The lowest BCUT2D eigenvalue weighted by Gasteiger charge is -2.06. The van der Waals surface area contributed by atoms with Gasteiger partial charge in [0.15, 0.2) is 0 Å². The smallest absolute Gasteiger partial charge is 0.119 e. The van der Waals surface area contributed by atoms with Crippen molar-refractivity contribution >= 4 is 27.9 Å². The van der Waals surface area contributed by atoms with Gasteiger partial charge in [0, 0.05) is 15.8 Å². The van der Waals surface area contributed by atoms with Crippen LogP contribution in [0.25, 0.3) is 0 Å². The van der Waals surface area contributed by atoms with Gasteiger partial charge >= 0.3 is 0 Å². The summed E-state index contributed by atoms with van der Waals surface area (Å²) >= 11 is 4.66. The van der Waals surface area contributed by atoms with E-state index < -0.39 is 0 Å². The summed E-state index contributed by atoms with van der Waals surface area (Å²) in [7, 11) is 0. The monoisotopic (exact) mass is 323 g/mol. The van der Waals surface area contributed by atoms with Gasteiger partial charge in [-0.1, -0.05) is 28.1 Å². The van der Waals surface area contributed by atoms with E-state index in [-0.39, 0.29) is 0 Å². The molecule has 0 saturated heterocycles. The van der Waals surface area contributed by atoms with Gasteiger partial charge < -0.3 is 4.74 Å². The quantitative estimate of drug-likeness (QED) is 0.843. The third-order valence-corrected chi connectivity index (χ3v) is 3.61. The zero-order chi connectivity index (χ0) is 12.8. The molecule has 2 rings (SSSR count). The van der Waals surface area contributed by atoms with Crippen molar-refractivity contribution in [2.24, 2.45) is 5.14 Å². The summed E-state index contributed by atoms with van der Waals surface area (Å²) in [4.78, 5) is 1.04. The predicted molar refractivity (Wildman–Crippen MR) is 79.8 cm³/mol. The first-order chi connectivity index (χ1) is 8.78. The molecule has 2 aromatic carbocycles. The Morgan fingerprint density at radius 1 is 1.00 bits per heavy atom. The fourth-order valence-electron chi connectivity index (χ4n) is 1.55. The normalized spacial score (nSPS) is 10.3. The highest BCUT2D eigenvalue weighted by Gasteiger charge is 1.97. The highest BCUT2D eigenvalue weighted by atomic mass is 79.9. The van der Waals surface area contributed by atoms with Gasteiger partial charge in [-0.3, -0.25) is 5.14 Å². The molecule has 94 valence electrons. The average Bonchev–Trinajstić information content (AvgIpc) is 2.42. The Labute approximate surface area is 120 Å². The lowest BCUT2D eigenvalue weighted by Crippen LogP contribution is -2.01. The van der Waals surface area contributed by atoms with E-state index in [1.54, 1.807) is 0 Å². The van der Waals surface area contributed by atoms with Gasteiger partial charge in [0.1, 0.15) is 5.75 Å². The number of ether oxygens (including phenoxy) is 1. The van der Waals surface area contributed by atoms with Gasteiger partial charge in [-0.2, -0.15) is 0 Å². The molecule has 2 aromatic rings. The second kappa shape index (κ2) is 6.83. The van der Waals surface area contributed by atoms with E-state index in [2.05, 4.69) is 28.1 Å². The van der Waals surface area contributed by atoms with Gasteiger partial charge in [0.25, 0.3) is 0 Å². The van der Waals surface area contributed by atoms with Gasteiger partial charge in [0.2, 0.25) is 0 Å². The summed E-state index contributed by atoms with van der Waals surface area (Å²) in [6.45, 7) is 0.677. The molecule has 0 heterocycles. The summed E-state index contributed by atoms with van der Waals surface area (Å²) in [6, 6.07) is 16.1. The van der Waals surface area contributed by atoms with Crippen LogP contribution in [-0.4, -0.2) is 6.61 Å². The van der Waals surface area contributed by atoms with Gasteiger partial charge in [-0.15, -0.1) is 0 Å². The highest BCUT2D eigenvalue weighted by molar-refractivity contribution is 9.10. The Bertz CT molecular complexity index is 484. The number of rotatable bonds is 5. The molecule has 2 N–H and O–H groups in total. The fraction of sp³-hybridized carbons (Fsp3) is 0.143. The van der Waals surface area contributed by atoms with Crippen molar-refractivity contribution in [3.8, 4) is 5.75 Å². The number of hydrogen-bond donors (Lipinski definition) is 1. The van der Waals surface area contributed by atoms with Crippen molar-refractivity contribution in [1.82, 2.24) is 0 Å². The molecule has 0 saturated carbocycles. The maximum absolute atomic E-state index is 5.68. The Morgan fingerprint density at radius 2 is 1.67 bits per heavy atom. The predicted octanol–water partition coefficient (Wildman–Crippen LogP) is 4.04. The molecule has 0 atom stereocenters. The number of benzene rings is 2. The summed E-state index contributed by atoms with van der Waals surface area (Å²) < 4.78 is 6.78. The van der Waals surface area contributed by atoms with E-state index in [1.807, 2.05) is 36.4 Å². The minimum absolute atomic E-state index is 0.677. The van der Waals surface area contributed by atoms with Gasteiger partial charge in [0.05, 0.1) is 6.61 Å². The lowest BCUT2D eigenvalue weighted by molar-refractivity contribution is 0.322. The SMILES string of the molecule is NSc1ccc(OCCc2ccc(Br)cc2)cc1. The van der Waals surface area contributed by atoms with E-state index in [9.17, 15) is 0 Å². The first-order valence-corrected chi connectivity index (χ1v) is 7.29. The number of nitrogens with two attached hydrogens (primary N) is 1. The minimum atomic E-state index is 0.677. The molecule has 0 aromatic heterocycles. The van der Waals surface area contributed by atoms with Crippen LogP contribution in [0.5, 0.6) is 5.75 Å². The van der Waals surface area contributed by atoms with Crippen LogP contribution >= 0.6 is 27.9 Å². The van der Waals surface area contributed by atoms with Crippen LogP contribution < -0.4 is 9.88 Å². The van der Waals surface area contributed by atoms with Crippen molar-refractivity contribution in [2.45, 2.75) is 11.3 Å². The van der Waals surface area contributed by atoms with Crippen LogP contribution in [0.15, 0.2) is 57.9 Å². The van der Waals surface area contributed by atoms with Crippen molar-refractivity contribution in [3.63, 3.8) is 0 Å². The van der Waals surface area contributed by atoms with Crippen molar-refractivity contribution in [1.29, 1.82) is 0 Å². The Balaban J connectivity index is 1.82. The molecule has 4 heteroatoms. The topological polar surface area (TPSA) is 35.2 Å². The lowest BCUT2D eigenvalue weighted by atomic mass is 10.2. The molecule has 0 fully saturated rings. The largest absolute Gasteiger partial charge is 0.493 e. The molecule has 0 radical (unpaired) electrons. The molecule has 0 unspecified atom stereocenters. The molecule has 0 bridgehead atoms. The van der Waals surface area contributed by atoms with Crippen molar-refractivity contribution in [2.75, 3.05) is 6.61 Å². The third kappa shape index (κ3) is 4.05. The second-order valence-electron chi connectivity index (χ2n) is 3.81. The van der Waals surface area contributed by atoms with Gasteiger partial charge in [-0.25, -0.2) is 0 Å². The van der Waals surface area contributed by atoms with Crippen molar-refractivity contribution in [3.05, 3.63) is 58.6 Å².